The van der Waals surface area contributed by atoms with Gasteiger partial charge in [-0.15, -0.1) is 11.3 Å². The zero-order valence-corrected chi connectivity index (χ0v) is 14.6. The van der Waals surface area contributed by atoms with E-state index in [-0.39, 0.29) is 5.75 Å². The van der Waals surface area contributed by atoms with E-state index in [1.807, 2.05) is 42.5 Å². The molecule has 3 heterocycles. The molecule has 0 spiro atoms. The minimum atomic E-state index is 0.244. The molecule has 3 aromatic heterocycles. The van der Waals surface area contributed by atoms with Gasteiger partial charge in [-0.3, -0.25) is 4.98 Å². The summed E-state index contributed by atoms with van der Waals surface area (Å²) in [5.41, 5.74) is 4.51. The van der Waals surface area contributed by atoms with Crippen molar-refractivity contribution in [1.82, 2.24) is 9.97 Å². The summed E-state index contributed by atoms with van der Waals surface area (Å²) in [5.74, 6) is 0.244. The van der Waals surface area contributed by atoms with Crippen LogP contribution in [0, 0.1) is 0 Å². The smallest absolute Gasteiger partial charge is 0.124 e. The lowest BCUT2D eigenvalue weighted by Crippen LogP contribution is -1.85. The molecule has 0 fully saturated rings. The highest BCUT2D eigenvalue weighted by atomic mass is 32.1. The molecule has 0 aliphatic heterocycles. The fraction of sp³-hybridized carbons (Fsp3) is 0. The summed E-state index contributed by atoms with van der Waals surface area (Å²) in [7, 11) is 0. The van der Waals surface area contributed by atoms with Crippen LogP contribution in [0.4, 0.5) is 0 Å². The van der Waals surface area contributed by atoms with Gasteiger partial charge in [0.2, 0.25) is 0 Å². The summed E-state index contributed by atoms with van der Waals surface area (Å²) in [4.78, 5) is 9.31. The average Bonchev–Trinajstić information content (AvgIpc) is 3.06. The number of phenols is 1. The molecule has 26 heavy (non-hydrogen) atoms. The maximum absolute atomic E-state index is 10.1. The Morgan fingerprint density at radius 1 is 0.769 bits per heavy atom. The SMILES string of the molecule is Oc1ccccc1-c1ccc2sc3ccc(-c4ccccn4)cc3c2n1. The molecule has 4 heteroatoms. The van der Waals surface area contributed by atoms with Crippen molar-refractivity contribution in [2.45, 2.75) is 0 Å². The van der Waals surface area contributed by atoms with E-state index < -0.39 is 0 Å². The molecule has 0 aliphatic carbocycles. The van der Waals surface area contributed by atoms with Gasteiger partial charge in [-0.05, 0) is 48.5 Å². The quantitative estimate of drug-likeness (QED) is 0.430. The van der Waals surface area contributed by atoms with E-state index in [2.05, 4.69) is 29.2 Å². The molecule has 5 aromatic rings. The largest absolute Gasteiger partial charge is 0.507 e. The molecule has 0 atom stereocenters. The van der Waals surface area contributed by atoms with Crippen LogP contribution in [0.25, 0.3) is 42.8 Å². The number of hydrogen-bond acceptors (Lipinski definition) is 4. The molecule has 0 bridgehead atoms. The van der Waals surface area contributed by atoms with E-state index in [1.54, 1.807) is 23.6 Å². The van der Waals surface area contributed by atoms with E-state index >= 15 is 0 Å². The standard InChI is InChI=1S/C22H14N2OS/c25-19-7-2-1-5-15(19)18-9-11-21-22(24-18)16-13-14(8-10-20(16)26-21)17-6-3-4-12-23-17/h1-13,25H. The monoisotopic (exact) mass is 354 g/mol. The first-order chi connectivity index (χ1) is 12.8. The van der Waals surface area contributed by atoms with Crippen LogP contribution >= 0.6 is 11.3 Å². The zero-order chi connectivity index (χ0) is 17.5. The Morgan fingerprint density at radius 2 is 1.62 bits per heavy atom. The fourth-order valence-electron chi connectivity index (χ4n) is 3.18. The van der Waals surface area contributed by atoms with Gasteiger partial charge in [-0.2, -0.15) is 0 Å². The van der Waals surface area contributed by atoms with Gasteiger partial charge in [0, 0.05) is 27.4 Å². The molecule has 1 N–H and O–H groups in total. The lowest BCUT2D eigenvalue weighted by Gasteiger charge is -2.04. The Bertz CT molecular complexity index is 1250. The highest BCUT2D eigenvalue weighted by Crippen LogP contribution is 2.37. The number of phenolic OH excluding ortho intramolecular Hbond substituents is 1. The summed E-state index contributed by atoms with van der Waals surface area (Å²) in [5, 5.41) is 11.3. The number of benzene rings is 2. The first-order valence-electron chi connectivity index (χ1n) is 8.33. The molecule has 5 rings (SSSR count). The molecule has 0 unspecified atom stereocenters. The number of fused-ring (bicyclic) bond motifs is 3. The molecule has 124 valence electrons. The molecule has 0 aliphatic rings. The second-order valence-corrected chi connectivity index (χ2v) is 7.17. The van der Waals surface area contributed by atoms with Crippen LogP contribution in [0.3, 0.4) is 0 Å². The number of para-hydroxylation sites is 1. The number of aromatic nitrogens is 2. The van der Waals surface area contributed by atoms with Gasteiger partial charge >= 0.3 is 0 Å². The van der Waals surface area contributed by atoms with E-state index in [9.17, 15) is 5.11 Å². The predicted molar refractivity (Wildman–Crippen MR) is 107 cm³/mol. The van der Waals surface area contributed by atoms with Crippen molar-refractivity contribution >= 4 is 31.6 Å². The lowest BCUT2D eigenvalue weighted by molar-refractivity contribution is 0.477. The fourth-order valence-corrected chi connectivity index (χ4v) is 4.20. The summed E-state index contributed by atoms with van der Waals surface area (Å²) >= 11 is 1.73. The van der Waals surface area contributed by atoms with Crippen molar-refractivity contribution in [3.63, 3.8) is 0 Å². The normalized spacial score (nSPS) is 11.2. The third-order valence-electron chi connectivity index (χ3n) is 4.45. The van der Waals surface area contributed by atoms with Gasteiger partial charge < -0.3 is 5.11 Å². The first-order valence-corrected chi connectivity index (χ1v) is 9.14. The minimum Gasteiger partial charge on any atom is -0.507 e. The van der Waals surface area contributed by atoms with Crippen molar-refractivity contribution in [3.05, 3.63) is 79.0 Å². The summed E-state index contributed by atoms with van der Waals surface area (Å²) in [6.45, 7) is 0. The van der Waals surface area contributed by atoms with E-state index in [0.29, 0.717) is 0 Å². The van der Waals surface area contributed by atoms with Crippen molar-refractivity contribution in [3.8, 4) is 28.3 Å². The van der Waals surface area contributed by atoms with E-state index in [0.717, 1.165) is 38.1 Å². The second-order valence-electron chi connectivity index (χ2n) is 6.09. The maximum atomic E-state index is 10.1. The van der Waals surface area contributed by atoms with Crippen LogP contribution in [0.2, 0.25) is 0 Å². The number of aromatic hydroxyl groups is 1. The zero-order valence-electron chi connectivity index (χ0n) is 13.8. The third-order valence-corrected chi connectivity index (χ3v) is 5.58. The maximum Gasteiger partial charge on any atom is 0.124 e. The van der Waals surface area contributed by atoms with Gasteiger partial charge in [0.05, 0.1) is 21.6 Å². The summed E-state index contributed by atoms with van der Waals surface area (Å²) in [6, 6.07) is 23.6. The molecule has 0 radical (unpaired) electrons. The van der Waals surface area contributed by atoms with Crippen LogP contribution in [0.1, 0.15) is 0 Å². The Hall–Kier alpha value is -3.24. The van der Waals surface area contributed by atoms with Crippen molar-refractivity contribution in [1.29, 1.82) is 0 Å². The van der Waals surface area contributed by atoms with Crippen molar-refractivity contribution < 1.29 is 5.11 Å². The summed E-state index contributed by atoms with van der Waals surface area (Å²) in [6.07, 6.45) is 1.81. The number of hydrogen-bond donors (Lipinski definition) is 1. The molecular weight excluding hydrogens is 340 g/mol. The molecule has 0 amide bonds. The van der Waals surface area contributed by atoms with Crippen LogP contribution in [-0.2, 0) is 0 Å². The van der Waals surface area contributed by atoms with Crippen LogP contribution in [0.5, 0.6) is 5.75 Å². The lowest BCUT2D eigenvalue weighted by atomic mass is 10.1. The van der Waals surface area contributed by atoms with Gasteiger partial charge in [0.1, 0.15) is 5.75 Å². The molecule has 2 aromatic carbocycles. The number of nitrogens with zero attached hydrogens (tertiary/aromatic N) is 2. The second kappa shape index (κ2) is 5.93. The molecule has 0 saturated heterocycles. The average molecular weight is 354 g/mol. The van der Waals surface area contributed by atoms with Crippen LogP contribution in [0.15, 0.2) is 79.0 Å². The minimum absolute atomic E-state index is 0.244. The number of pyridine rings is 2. The molecule has 0 saturated carbocycles. The Labute approximate surface area is 154 Å². The van der Waals surface area contributed by atoms with E-state index in [4.69, 9.17) is 4.98 Å². The predicted octanol–water partition coefficient (Wildman–Crippen LogP) is 5.88. The molecular formula is C22H14N2OS. The van der Waals surface area contributed by atoms with Crippen molar-refractivity contribution in [2.75, 3.05) is 0 Å². The van der Waals surface area contributed by atoms with Gasteiger partial charge in [-0.1, -0.05) is 24.3 Å². The Morgan fingerprint density at radius 3 is 2.46 bits per heavy atom. The molecule has 3 nitrogen and oxygen atoms in total. The Balaban J connectivity index is 1.74. The highest BCUT2D eigenvalue weighted by molar-refractivity contribution is 7.25. The third kappa shape index (κ3) is 2.43. The van der Waals surface area contributed by atoms with Gasteiger partial charge in [0.15, 0.2) is 0 Å². The summed E-state index contributed by atoms with van der Waals surface area (Å²) < 4.78 is 2.33. The van der Waals surface area contributed by atoms with Gasteiger partial charge in [0.25, 0.3) is 0 Å². The first kappa shape index (κ1) is 15.0. The van der Waals surface area contributed by atoms with Crippen LogP contribution < -0.4 is 0 Å². The number of rotatable bonds is 2. The Kier molecular flexibility index (Phi) is 3.43. The number of thiophene rings is 1. The van der Waals surface area contributed by atoms with Crippen molar-refractivity contribution in [2.24, 2.45) is 0 Å². The van der Waals surface area contributed by atoms with E-state index in [1.165, 1.54) is 4.70 Å². The van der Waals surface area contributed by atoms with Gasteiger partial charge in [-0.25, -0.2) is 4.98 Å². The topological polar surface area (TPSA) is 46.0 Å². The highest BCUT2D eigenvalue weighted by Gasteiger charge is 2.11. The van der Waals surface area contributed by atoms with Crippen LogP contribution in [-0.4, -0.2) is 15.1 Å².